The number of hydrogen-bond acceptors (Lipinski definition) is 4. The molecule has 3 rings (SSSR count). The molecule has 0 aliphatic carbocycles. The van der Waals surface area contributed by atoms with Crippen molar-refractivity contribution in [2.24, 2.45) is 0 Å². The Morgan fingerprint density at radius 1 is 1.27 bits per heavy atom. The van der Waals surface area contributed by atoms with Crippen molar-refractivity contribution < 1.29 is 14.3 Å². The molecule has 2 aromatic rings. The number of nitrogens with one attached hydrogen (secondary N) is 2. The lowest BCUT2D eigenvalue weighted by atomic mass is 10.1. The number of halogens is 1. The third-order valence-corrected chi connectivity index (χ3v) is 5.64. The van der Waals surface area contributed by atoms with Gasteiger partial charge in [0.2, 0.25) is 5.91 Å². The number of amides is 2. The molecule has 0 spiro atoms. The minimum absolute atomic E-state index is 0.0698. The Labute approximate surface area is 161 Å². The molecule has 2 N–H and O–H groups in total. The van der Waals surface area contributed by atoms with Gasteiger partial charge in [0.1, 0.15) is 0 Å². The maximum atomic E-state index is 12.5. The van der Waals surface area contributed by atoms with E-state index in [1.807, 2.05) is 24.3 Å². The van der Waals surface area contributed by atoms with Crippen LogP contribution in [-0.2, 0) is 16.0 Å². The summed E-state index contributed by atoms with van der Waals surface area (Å²) in [6.45, 7) is 0.836. The third-order valence-electron chi connectivity index (χ3n) is 4.01. The fourth-order valence-corrected chi connectivity index (χ4v) is 4.15. The second-order valence-corrected chi connectivity index (χ2v) is 7.50. The Kier molecular flexibility index (Phi) is 6.19. The topological polar surface area (TPSA) is 67.4 Å². The van der Waals surface area contributed by atoms with E-state index in [0.717, 1.165) is 4.90 Å². The van der Waals surface area contributed by atoms with Gasteiger partial charge in [-0.1, -0.05) is 29.8 Å². The first-order chi connectivity index (χ1) is 12.6. The number of thioether (sulfide) groups is 1. The summed E-state index contributed by atoms with van der Waals surface area (Å²) in [6.07, 6.45) is 0.709. The number of carbonyl (C=O) groups is 2. The zero-order chi connectivity index (χ0) is 18.5. The molecule has 26 heavy (non-hydrogen) atoms. The lowest BCUT2D eigenvalue weighted by Gasteiger charge is -2.12. The van der Waals surface area contributed by atoms with Gasteiger partial charge >= 0.3 is 0 Å². The molecule has 0 bridgehead atoms. The summed E-state index contributed by atoms with van der Waals surface area (Å²) in [7, 11) is 1.57. The van der Waals surface area contributed by atoms with Crippen LogP contribution < -0.4 is 10.6 Å². The highest BCUT2D eigenvalue weighted by atomic mass is 35.5. The van der Waals surface area contributed by atoms with E-state index in [1.54, 1.807) is 37.1 Å². The molecular weight excluding hydrogens is 372 g/mol. The average molecular weight is 391 g/mol. The van der Waals surface area contributed by atoms with E-state index in [1.165, 1.54) is 5.56 Å². The van der Waals surface area contributed by atoms with Crippen molar-refractivity contribution in [3.63, 3.8) is 0 Å². The zero-order valence-electron chi connectivity index (χ0n) is 14.3. The smallest absolute Gasteiger partial charge is 0.252 e. The van der Waals surface area contributed by atoms with E-state index in [4.69, 9.17) is 16.3 Å². The first-order valence-electron chi connectivity index (χ1n) is 8.20. The van der Waals surface area contributed by atoms with Gasteiger partial charge in [0.05, 0.1) is 22.4 Å². The lowest BCUT2D eigenvalue weighted by Crippen LogP contribution is -2.27. The second kappa shape index (κ2) is 8.58. The molecule has 1 aliphatic heterocycles. The summed E-state index contributed by atoms with van der Waals surface area (Å²) in [5, 5.41) is 5.73. The lowest BCUT2D eigenvalue weighted by molar-refractivity contribution is -0.115. The predicted molar refractivity (Wildman–Crippen MR) is 104 cm³/mol. The molecule has 5 nitrogen and oxygen atoms in total. The minimum atomic E-state index is -0.272. The molecule has 0 saturated carbocycles. The Morgan fingerprint density at radius 2 is 2.08 bits per heavy atom. The normalized spacial score (nSPS) is 15.4. The Morgan fingerprint density at radius 3 is 2.81 bits per heavy atom. The van der Waals surface area contributed by atoms with E-state index >= 15 is 0 Å². The number of ether oxygens (including phenoxy) is 1. The van der Waals surface area contributed by atoms with Gasteiger partial charge in [-0.25, -0.2) is 0 Å². The molecule has 7 heteroatoms. The summed E-state index contributed by atoms with van der Waals surface area (Å²) >= 11 is 7.77. The van der Waals surface area contributed by atoms with Gasteiger partial charge in [-0.15, -0.1) is 11.8 Å². The first kappa shape index (κ1) is 18.8. The summed E-state index contributed by atoms with van der Waals surface area (Å²) in [6, 6.07) is 12.9. The van der Waals surface area contributed by atoms with E-state index in [0.29, 0.717) is 35.8 Å². The first-order valence-corrected chi connectivity index (χ1v) is 9.46. The number of anilines is 1. The number of benzene rings is 2. The quantitative estimate of drug-likeness (QED) is 0.742. The van der Waals surface area contributed by atoms with Crippen molar-refractivity contribution in [1.82, 2.24) is 5.32 Å². The monoisotopic (exact) mass is 390 g/mol. The van der Waals surface area contributed by atoms with Gasteiger partial charge < -0.3 is 15.4 Å². The van der Waals surface area contributed by atoms with Crippen molar-refractivity contribution >= 4 is 40.9 Å². The molecular formula is C19H19ClN2O3S. The van der Waals surface area contributed by atoms with Crippen molar-refractivity contribution in [3.8, 4) is 0 Å². The van der Waals surface area contributed by atoms with Crippen LogP contribution in [0.5, 0.6) is 0 Å². The van der Waals surface area contributed by atoms with Crippen molar-refractivity contribution in [3.05, 3.63) is 58.6 Å². The van der Waals surface area contributed by atoms with Crippen LogP contribution in [0.2, 0.25) is 5.02 Å². The predicted octanol–water partition coefficient (Wildman–Crippen LogP) is 3.37. The molecule has 2 amide bonds. The molecule has 136 valence electrons. The number of rotatable bonds is 6. The molecule has 0 saturated heterocycles. The van der Waals surface area contributed by atoms with Crippen LogP contribution in [-0.4, -0.2) is 37.3 Å². The summed E-state index contributed by atoms with van der Waals surface area (Å²) in [4.78, 5) is 25.7. The van der Waals surface area contributed by atoms with Gasteiger partial charge in [-0.2, -0.15) is 0 Å². The van der Waals surface area contributed by atoms with Gasteiger partial charge in [0, 0.05) is 24.2 Å². The standard InChI is InChI=1S/C19H19ClN2O3S/c1-25-9-8-21-18(23)14-7-6-13(11-15(14)20)22-19(24)17-10-12-4-2-3-5-16(12)26-17/h2-7,11,17H,8-10H2,1H3,(H,21,23)(H,22,24)/t17-/m1/s1. The maximum absolute atomic E-state index is 12.5. The van der Waals surface area contributed by atoms with E-state index in [-0.39, 0.29) is 17.1 Å². The Bertz CT molecular complexity index is 803. The summed E-state index contributed by atoms with van der Waals surface area (Å²) in [5.74, 6) is -0.341. The van der Waals surface area contributed by atoms with Crippen LogP contribution in [0.4, 0.5) is 5.69 Å². The summed E-state index contributed by atoms with van der Waals surface area (Å²) in [5.41, 5.74) is 2.13. The Balaban J connectivity index is 1.61. The van der Waals surface area contributed by atoms with E-state index in [9.17, 15) is 9.59 Å². The number of hydrogen-bond donors (Lipinski definition) is 2. The van der Waals surface area contributed by atoms with Crippen LogP contribution in [0.25, 0.3) is 0 Å². The second-order valence-electron chi connectivity index (χ2n) is 5.85. The van der Waals surface area contributed by atoms with E-state index in [2.05, 4.69) is 10.6 Å². The highest BCUT2D eigenvalue weighted by Gasteiger charge is 2.28. The maximum Gasteiger partial charge on any atom is 0.252 e. The van der Waals surface area contributed by atoms with Crippen LogP contribution in [0.15, 0.2) is 47.4 Å². The fraction of sp³-hybridized carbons (Fsp3) is 0.263. The third kappa shape index (κ3) is 4.38. The molecule has 2 aromatic carbocycles. The van der Waals surface area contributed by atoms with Gasteiger partial charge in [-0.3, -0.25) is 9.59 Å². The molecule has 0 unspecified atom stereocenters. The van der Waals surface area contributed by atoms with Gasteiger partial charge in [0.15, 0.2) is 0 Å². The molecule has 0 aromatic heterocycles. The molecule has 0 fully saturated rings. The highest BCUT2D eigenvalue weighted by Crippen LogP contribution is 2.37. The fourth-order valence-electron chi connectivity index (χ4n) is 2.69. The molecule has 1 aliphatic rings. The number of carbonyl (C=O) groups excluding carboxylic acids is 2. The van der Waals surface area contributed by atoms with Gasteiger partial charge in [0.25, 0.3) is 5.91 Å². The number of methoxy groups -OCH3 is 1. The number of fused-ring (bicyclic) bond motifs is 1. The van der Waals surface area contributed by atoms with Crippen molar-refractivity contribution in [1.29, 1.82) is 0 Å². The SMILES string of the molecule is COCCNC(=O)c1ccc(NC(=O)[C@H]2Cc3ccccc3S2)cc1Cl. The largest absolute Gasteiger partial charge is 0.383 e. The minimum Gasteiger partial charge on any atom is -0.383 e. The van der Waals surface area contributed by atoms with E-state index < -0.39 is 0 Å². The van der Waals surface area contributed by atoms with Crippen molar-refractivity contribution in [2.45, 2.75) is 16.6 Å². The zero-order valence-corrected chi connectivity index (χ0v) is 15.8. The Hall–Kier alpha value is -2.02. The highest BCUT2D eigenvalue weighted by molar-refractivity contribution is 8.01. The van der Waals surface area contributed by atoms with Crippen LogP contribution in [0.3, 0.4) is 0 Å². The molecule has 1 heterocycles. The van der Waals surface area contributed by atoms with Crippen LogP contribution >= 0.6 is 23.4 Å². The van der Waals surface area contributed by atoms with Gasteiger partial charge in [-0.05, 0) is 36.2 Å². The molecule has 1 atom stereocenters. The van der Waals surface area contributed by atoms with Crippen LogP contribution in [0, 0.1) is 0 Å². The summed E-state index contributed by atoms with van der Waals surface area (Å²) < 4.78 is 4.90. The van der Waals surface area contributed by atoms with Crippen molar-refractivity contribution in [2.75, 3.05) is 25.6 Å². The van der Waals surface area contributed by atoms with Crippen LogP contribution in [0.1, 0.15) is 15.9 Å². The molecule has 0 radical (unpaired) electrons. The average Bonchev–Trinajstić information content (AvgIpc) is 3.06.